The molecule has 0 saturated carbocycles. The van der Waals surface area contributed by atoms with Gasteiger partial charge in [0.25, 0.3) is 0 Å². The van der Waals surface area contributed by atoms with Crippen LogP contribution < -0.4 is 0 Å². The number of hydrogen-bond donors (Lipinski definition) is 0. The minimum Gasteiger partial charge on any atom is -0.297 e. The van der Waals surface area contributed by atoms with Gasteiger partial charge < -0.3 is 0 Å². The first-order valence-electron chi connectivity index (χ1n) is 7.43. The van der Waals surface area contributed by atoms with Crippen LogP contribution in [0.2, 0.25) is 0 Å². The molecule has 0 bridgehead atoms. The highest BCUT2D eigenvalue weighted by Crippen LogP contribution is 2.34. The zero-order chi connectivity index (χ0) is 14.0. The standard InChI is InChI=1S/C15H26BrN3/c1-5-15(4)7-9-18(10-8-15)11-13-14(16)12(3)17-19(13)6-2/h5-11H2,1-4H3. The second kappa shape index (κ2) is 5.96. The largest absolute Gasteiger partial charge is 0.297 e. The first kappa shape index (κ1) is 15.0. The molecule has 4 heteroatoms. The summed E-state index contributed by atoms with van der Waals surface area (Å²) in [6.45, 7) is 13.4. The number of likely N-dealkylation sites (tertiary alicyclic amines) is 1. The third kappa shape index (κ3) is 3.22. The summed E-state index contributed by atoms with van der Waals surface area (Å²) in [5.41, 5.74) is 3.00. The Balaban J connectivity index is 2.03. The summed E-state index contributed by atoms with van der Waals surface area (Å²) in [5.74, 6) is 0. The predicted molar refractivity (Wildman–Crippen MR) is 83.2 cm³/mol. The summed E-state index contributed by atoms with van der Waals surface area (Å²) in [6.07, 6.45) is 3.94. The van der Waals surface area contributed by atoms with Gasteiger partial charge in [0.05, 0.1) is 15.9 Å². The molecule has 2 heterocycles. The zero-order valence-corrected chi connectivity index (χ0v) is 14.3. The topological polar surface area (TPSA) is 21.1 Å². The van der Waals surface area contributed by atoms with Crippen LogP contribution in [-0.4, -0.2) is 27.8 Å². The van der Waals surface area contributed by atoms with Crippen molar-refractivity contribution in [2.75, 3.05) is 13.1 Å². The molecule has 0 N–H and O–H groups in total. The van der Waals surface area contributed by atoms with Crippen molar-refractivity contribution < 1.29 is 0 Å². The van der Waals surface area contributed by atoms with Crippen LogP contribution in [0.5, 0.6) is 0 Å². The molecule has 0 amide bonds. The minimum absolute atomic E-state index is 0.564. The van der Waals surface area contributed by atoms with Crippen LogP contribution in [0.4, 0.5) is 0 Å². The summed E-state index contributed by atoms with van der Waals surface area (Å²) >= 11 is 3.69. The smallest absolute Gasteiger partial charge is 0.0739 e. The van der Waals surface area contributed by atoms with E-state index in [0.29, 0.717) is 5.41 Å². The second-order valence-corrected chi connectivity index (χ2v) is 6.90. The molecular formula is C15H26BrN3. The van der Waals surface area contributed by atoms with Gasteiger partial charge in [-0.15, -0.1) is 0 Å². The van der Waals surface area contributed by atoms with Crippen LogP contribution in [-0.2, 0) is 13.1 Å². The van der Waals surface area contributed by atoms with E-state index in [4.69, 9.17) is 0 Å². The second-order valence-electron chi connectivity index (χ2n) is 6.10. The van der Waals surface area contributed by atoms with E-state index in [1.165, 1.54) is 42.5 Å². The zero-order valence-electron chi connectivity index (χ0n) is 12.7. The lowest BCUT2D eigenvalue weighted by Crippen LogP contribution is -2.38. The highest BCUT2D eigenvalue weighted by atomic mass is 79.9. The van der Waals surface area contributed by atoms with Crippen molar-refractivity contribution in [3.8, 4) is 0 Å². The normalized spacial score (nSPS) is 19.8. The van der Waals surface area contributed by atoms with Gasteiger partial charge in [-0.3, -0.25) is 9.58 Å². The molecule has 0 unspecified atom stereocenters. The molecule has 1 saturated heterocycles. The minimum atomic E-state index is 0.564. The van der Waals surface area contributed by atoms with E-state index in [-0.39, 0.29) is 0 Å². The third-order valence-corrected chi connectivity index (χ3v) is 5.77. The van der Waals surface area contributed by atoms with E-state index in [1.54, 1.807) is 0 Å². The summed E-state index contributed by atoms with van der Waals surface area (Å²) in [7, 11) is 0. The number of rotatable bonds is 4. The van der Waals surface area contributed by atoms with E-state index in [1.807, 2.05) is 0 Å². The van der Waals surface area contributed by atoms with Gasteiger partial charge in [0.2, 0.25) is 0 Å². The Morgan fingerprint density at radius 2 is 1.89 bits per heavy atom. The van der Waals surface area contributed by atoms with Gasteiger partial charge in [-0.2, -0.15) is 5.10 Å². The number of aromatic nitrogens is 2. The van der Waals surface area contributed by atoms with Crippen molar-refractivity contribution in [3.63, 3.8) is 0 Å². The van der Waals surface area contributed by atoms with E-state index >= 15 is 0 Å². The van der Waals surface area contributed by atoms with Crippen LogP contribution >= 0.6 is 15.9 Å². The maximum Gasteiger partial charge on any atom is 0.0739 e. The number of piperidine rings is 1. The molecule has 1 aliphatic rings. The Labute approximate surface area is 125 Å². The monoisotopic (exact) mass is 327 g/mol. The Morgan fingerprint density at radius 3 is 2.42 bits per heavy atom. The van der Waals surface area contributed by atoms with Crippen molar-refractivity contribution >= 4 is 15.9 Å². The summed E-state index contributed by atoms with van der Waals surface area (Å²) in [5, 5.41) is 4.58. The van der Waals surface area contributed by atoms with E-state index < -0.39 is 0 Å². The van der Waals surface area contributed by atoms with Gasteiger partial charge in [-0.25, -0.2) is 0 Å². The van der Waals surface area contributed by atoms with Crippen LogP contribution in [0, 0.1) is 12.3 Å². The molecule has 1 fully saturated rings. The van der Waals surface area contributed by atoms with Crippen molar-refractivity contribution in [2.24, 2.45) is 5.41 Å². The number of hydrogen-bond acceptors (Lipinski definition) is 2. The van der Waals surface area contributed by atoms with Gasteiger partial charge in [0.15, 0.2) is 0 Å². The fourth-order valence-corrected chi connectivity index (χ4v) is 3.25. The SMILES string of the molecule is CCn1nc(C)c(Br)c1CN1CCC(C)(CC)CC1. The van der Waals surface area contributed by atoms with Crippen molar-refractivity contribution in [1.29, 1.82) is 0 Å². The molecular weight excluding hydrogens is 302 g/mol. The lowest BCUT2D eigenvalue weighted by Gasteiger charge is -2.39. The molecule has 108 valence electrons. The molecule has 0 spiro atoms. The molecule has 0 atom stereocenters. The maximum atomic E-state index is 4.58. The molecule has 0 aliphatic carbocycles. The van der Waals surface area contributed by atoms with Gasteiger partial charge >= 0.3 is 0 Å². The van der Waals surface area contributed by atoms with Crippen molar-refractivity contribution in [3.05, 3.63) is 15.9 Å². The fraction of sp³-hybridized carbons (Fsp3) is 0.800. The Kier molecular flexibility index (Phi) is 4.72. The van der Waals surface area contributed by atoms with Gasteiger partial charge in [-0.05, 0) is 61.1 Å². The lowest BCUT2D eigenvalue weighted by molar-refractivity contribution is 0.107. The Bertz CT molecular complexity index is 431. The Morgan fingerprint density at radius 1 is 1.26 bits per heavy atom. The van der Waals surface area contributed by atoms with E-state index in [9.17, 15) is 0 Å². The quantitative estimate of drug-likeness (QED) is 0.833. The highest BCUT2D eigenvalue weighted by Gasteiger charge is 2.29. The molecule has 19 heavy (non-hydrogen) atoms. The predicted octanol–water partition coefficient (Wildman–Crippen LogP) is 3.99. The van der Waals surface area contributed by atoms with Crippen LogP contribution in [0.15, 0.2) is 4.47 Å². The van der Waals surface area contributed by atoms with Gasteiger partial charge in [0.1, 0.15) is 0 Å². The van der Waals surface area contributed by atoms with Gasteiger partial charge in [0, 0.05) is 13.1 Å². The molecule has 2 rings (SSSR count). The summed E-state index contributed by atoms with van der Waals surface area (Å²) in [6, 6.07) is 0. The highest BCUT2D eigenvalue weighted by molar-refractivity contribution is 9.10. The number of halogens is 1. The fourth-order valence-electron chi connectivity index (χ4n) is 2.84. The first-order valence-corrected chi connectivity index (χ1v) is 8.22. The number of aryl methyl sites for hydroxylation is 2. The molecule has 1 aromatic rings. The summed E-state index contributed by atoms with van der Waals surface area (Å²) < 4.78 is 3.32. The van der Waals surface area contributed by atoms with Crippen molar-refractivity contribution in [2.45, 2.75) is 60.0 Å². The van der Waals surface area contributed by atoms with E-state index in [0.717, 1.165) is 18.8 Å². The van der Waals surface area contributed by atoms with Crippen LogP contribution in [0.25, 0.3) is 0 Å². The third-order valence-electron chi connectivity index (χ3n) is 4.74. The van der Waals surface area contributed by atoms with Crippen molar-refractivity contribution in [1.82, 2.24) is 14.7 Å². The molecule has 1 aliphatic heterocycles. The Hall–Kier alpha value is -0.350. The van der Waals surface area contributed by atoms with Crippen LogP contribution in [0.3, 0.4) is 0 Å². The molecule has 1 aromatic heterocycles. The molecule has 3 nitrogen and oxygen atoms in total. The molecule has 0 aromatic carbocycles. The number of nitrogens with zero attached hydrogens (tertiary/aromatic N) is 3. The summed E-state index contributed by atoms with van der Waals surface area (Å²) in [4.78, 5) is 2.57. The molecule has 0 radical (unpaired) electrons. The lowest BCUT2D eigenvalue weighted by atomic mass is 9.78. The maximum absolute atomic E-state index is 4.58. The van der Waals surface area contributed by atoms with Crippen LogP contribution in [0.1, 0.15) is 51.4 Å². The average Bonchev–Trinajstić information content (AvgIpc) is 2.69. The average molecular weight is 328 g/mol. The van der Waals surface area contributed by atoms with Gasteiger partial charge in [-0.1, -0.05) is 20.3 Å². The first-order chi connectivity index (χ1) is 8.99. The van der Waals surface area contributed by atoms with E-state index in [2.05, 4.69) is 58.3 Å².